The molecule has 0 aliphatic heterocycles. The van der Waals surface area contributed by atoms with Crippen molar-refractivity contribution in [1.29, 1.82) is 0 Å². The highest BCUT2D eigenvalue weighted by atomic mass is 127. The van der Waals surface area contributed by atoms with Gasteiger partial charge in [-0.1, -0.05) is 37.0 Å². The van der Waals surface area contributed by atoms with Crippen LogP contribution in [0.3, 0.4) is 0 Å². The molecule has 6 heteroatoms. The Morgan fingerprint density at radius 3 is 2.29 bits per heavy atom. The summed E-state index contributed by atoms with van der Waals surface area (Å²) in [5, 5.41) is 4.28. The Kier molecular flexibility index (Phi) is 5.68. The SMILES string of the molecule is CNc1nc(-c2cc(Cl)cc(Cl)c2)nc(CC(C)C)c1I. The predicted molar refractivity (Wildman–Crippen MR) is 98.3 cm³/mol. The third-order valence-electron chi connectivity index (χ3n) is 2.88. The molecule has 0 atom stereocenters. The van der Waals surface area contributed by atoms with E-state index >= 15 is 0 Å². The molecule has 0 bridgehead atoms. The van der Waals surface area contributed by atoms with Gasteiger partial charge in [0, 0.05) is 22.7 Å². The van der Waals surface area contributed by atoms with Crippen LogP contribution in [-0.2, 0) is 6.42 Å². The summed E-state index contributed by atoms with van der Waals surface area (Å²) in [4.78, 5) is 9.26. The molecule has 0 saturated heterocycles. The van der Waals surface area contributed by atoms with Gasteiger partial charge in [0.2, 0.25) is 0 Å². The highest BCUT2D eigenvalue weighted by Gasteiger charge is 2.14. The van der Waals surface area contributed by atoms with Gasteiger partial charge in [0.05, 0.1) is 9.26 Å². The van der Waals surface area contributed by atoms with Crippen molar-refractivity contribution in [2.24, 2.45) is 5.92 Å². The molecule has 0 aliphatic rings. The Balaban J connectivity index is 2.57. The number of anilines is 1. The molecule has 0 saturated carbocycles. The van der Waals surface area contributed by atoms with Crippen LogP contribution >= 0.6 is 45.8 Å². The fraction of sp³-hybridized carbons (Fsp3) is 0.333. The standard InChI is InChI=1S/C15H16Cl2IN3/c1-8(2)4-12-13(18)15(19-3)21-14(20-12)9-5-10(16)7-11(17)6-9/h5-8H,4H2,1-3H3,(H,19,20,21). The molecule has 3 nitrogen and oxygen atoms in total. The normalized spacial score (nSPS) is 11.0. The summed E-state index contributed by atoms with van der Waals surface area (Å²) < 4.78 is 1.06. The van der Waals surface area contributed by atoms with E-state index in [4.69, 9.17) is 28.2 Å². The number of halogens is 3. The summed E-state index contributed by atoms with van der Waals surface area (Å²) in [6.45, 7) is 4.35. The number of nitrogens with one attached hydrogen (secondary N) is 1. The predicted octanol–water partition coefficient (Wildman–Crippen LogP) is 5.30. The molecule has 1 N–H and O–H groups in total. The van der Waals surface area contributed by atoms with Crippen LogP contribution in [0.1, 0.15) is 19.5 Å². The van der Waals surface area contributed by atoms with Gasteiger partial charge < -0.3 is 5.32 Å². The highest BCUT2D eigenvalue weighted by molar-refractivity contribution is 14.1. The van der Waals surface area contributed by atoms with Gasteiger partial charge in [0.1, 0.15) is 5.82 Å². The van der Waals surface area contributed by atoms with E-state index in [1.54, 1.807) is 6.07 Å². The molecular weight excluding hydrogens is 420 g/mol. The molecular formula is C15H16Cl2IN3. The van der Waals surface area contributed by atoms with E-state index in [0.717, 1.165) is 27.1 Å². The number of hydrogen-bond donors (Lipinski definition) is 1. The summed E-state index contributed by atoms with van der Waals surface area (Å²) >= 11 is 14.4. The molecule has 0 radical (unpaired) electrons. The van der Waals surface area contributed by atoms with Crippen LogP contribution in [0.15, 0.2) is 18.2 Å². The highest BCUT2D eigenvalue weighted by Crippen LogP contribution is 2.29. The first-order valence-electron chi connectivity index (χ1n) is 6.61. The van der Waals surface area contributed by atoms with Gasteiger partial charge in [-0.05, 0) is 53.1 Å². The Morgan fingerprint density at radius 2 is 1.76 bits per heavy atom. The number of rotatable bonds is 4. The Morgan fingerprint density at radius 1 is 1.14 bits per heavy atom. The van der Waals surface area contributed by atoms with Crippen molar-refractivity contribution >= 4 is 51.6 Å². The molecule has 2 aromatic rings. The lowest BCUT2D eigenvalue weighted by atomic mass is 10.1. The van der Waals surface area contributed by atoms with Crippen molar-refractivity contribution < 1.29 is 0 Å². The van der Waals surface area contributed by atoms with E-state index in [9.17, 15) is 0 Å². The van der Waals surface area contributed by atoms with Crippen LogP contribution in [0.5, 0.6) is 0 Å². The molecule has 21 heavy (non-hydrogen) atoms. The zero-order valence-electron chi connectivity index (χ0n) is 12.0. The quantitative estimate of drug-likeness (QED) is 0.662. The molecule has 1 aromatic heterocycles. The molecule has 0 amide bonds. The molecule has 1 aromatic carbocycles. The lowest BCUT2D eigenvalue weighted by Crippen LogP contribution is -2.07. The van der Waals surface area contributed by atoms with Crippen LogP contribution in [0.2, 0.25) is 10.0 Å². The molecule has 0 fully saturated rings. The van der Waals surface area contributed by atoms with E-state index < -0.39 is 0 Å². The van der Waals surface area contributed by atoms with Gasteiger partial charge in [-0.25, -0.2) is 9.97 Å². The Labute approximate surface area is 148 Å². The van der Waals surface area contributed by atoms with Crippen molar-refractivity contribution in [3.8, 4) is 11.4 Å². The lowest BCUT2D eigenvalue weighted by molar-refractivity contribution is 0.632. The second kappa shape index (κ2) is 7.11. The van der Waals surface area contributed by atoms with Crippen molar-refractivity contribution in [1.82, 2.24) is 9.97 Å². The maximum Gasteiger partial charge on any atom is 0.161 e. The van der Waals surface area contributed by atoms with Gasteiger partial charge in [-0.2, -0.15) is 0 Å². The van der Waals surface area contributed by atoms with E-state index in [1.807, 2.05) is 19.2 Å². The first-order valence-corrected chi connectivity index (χ1v) is 8.44. The summed E-state index contributed by atoms with van der Waals surface area (Å²) in [7, 11) is 1.86. The molecule has 112 valence electrons. The fourth-order valence-electron chi connectivity index (χ4n) is 1.99. The second-order valence-corrected chi connectivity index (χ2v) is 7.11. The summed E-state index contributed by atoms with van der Waals surface area (Å²) in [6, 6.07) is 5.36. The third kappa shape index (κ3) is 4.20. The maximum absolute atomic E-state index is 6.07. The summed E-state index contributed by atoms with van der Waals surface area (Å²) in [5.41, 5.74) is 1.86. The van der Waals surface area contributed by atoms with Crippen molar-refractivity contribution in [3.63, 3.8) is 0 Å². The monoisotopic (exact) mass is 435 g/mol. The minimum atomic E-state index is 0.522. The minimum absolute atomic E-state index is 0.522. The average Bonchev–Trinajstić information content (AvgIpc) is 2.39. The van der Waals surface area contributed by atoms with E-state index in [0.29, 0.717) is 21.8 Å². The van der Waals surface area contributed by atoms with Crippen molar-refractivity contribution in [3.05, 3.63) is 37.5 Å². The van der Waals surface area contributed by atoms with Gasteiger partial charge in [0.15, 0.2) is 5.82 Å². The smallest absolute Gasteiger partial charge is 0.161 e. The number of hydrogen-bond acceptors (Lipinski definition) is 3. The molecule has 2 rings (SSSR count). The van der Waals surface area contributed by atoms with Crippen molar-refractivity contribution in [2.45, 2.75) is 20.3 Å². The number of aromatic nitrogens is 2. The average molecular weight is 436 g/mol. The number of nitrogens with zero attached hydrogens (tertiary/aromatic N) is 2. The third-order valence-corrected chi connectivity index (χ3v) is 4.45. The van der Waals surface area contributed by atoms with Gasteiger partial charge in [0.25, 0.3) is 0 Å². The van der Waals surface area contributed by atoms with E-state index in [1.165, 1.54) is 0 Å². The van der Waals surface area contributed by atoms with Gasteiger partial charge in [-0.15, -0.1) is 0 Å². The van der Waals surface area contributed by atoms with Crippen LogP contribution in [0.25, 0.3) is 11.4 Å². The first kappa shape index (κ1) is 16.8. The molecule has 1 heterocycles. The van der Waals surface area contributed by atoms with E-state index in [2.05, 4.69) is 46.7 Å². The van der Waals surface area contributed by atoms with Crippen LogP contribution in [0, 0.1) is 9.49 Å². The zero-order valence-corrected chi connectivity index (χ0v) is 15.7. The molecule has 0 aliphatic carbocycles. The topological polar surface area (TPSA) is 37.8 Å². The summed E-state index contributed by atoms with van der Waals surface area (Å²) in [6.07, 6.45) is 0.900. The van der Waals surface area contributed by atoms with Gasteiger partial charge >= 0.3 is 0 Å². The Hall–Kier alpha value is -0.590. The second-order valence-electron chi connectivity index (χ2n) is 5.16. The maximum atomic E-state index is 6.07. The van der Waals surface area contributed by atoms with E-state index in [-0.39, 0.29) is 0 Å². The first-order chi connectivity index (χ1) is 9.90. The molecule has 0 spiro atoms. The van der Waals surface area contributed by atoms with Gasteiger partial charge in [-0.3, -0.25) is 0 Å². The zero-order chi connectivity index (χ0) is 15.6. The van der Waals surface area contributed by atoms with Crippen LogP contribution in [-0.4, -0.2) is 17.0 Å². The van der Waals surface area contributed by atoms with Crippen LogP contribution < -0.4 is 5.32 Å². The molecule has 0 unspecified atom stereocenters. The minimum Gasteiger partial charge on any atom is -0.372 e. The van der Waals surface area contributed by atoms with Crippen molar-refractivity contribution in [2.75, 3.05) is 12.4 Å². The van der Waals surface area contributed by atoms with Crippen LogP contribution in [0.4, 0.5) is 5.82 Å². The largest absolute Gasteiger partial charge is 0.372 e. The summed E-state index contributed by atoms with van der Waals surface area (Å²) in [5.74, 6) is 1.99. The number of benzene rings is 1. The Bertz CT molecular complexity index is 639. The fourth-order valence-corrected chi connectivity index (χ4v) is 3.25. The lowest BCUT2D eigenvalue weighted by Gasteiger charge is -2.13.